The quantitative estimate of drug-likeness (QED) is 0.690. The molecular weight excluding hydrogens is 316 g/mol. The van der Waals surface area contributed by atoms with Crippen molar-refractivity contribution in [3.8, 4) is 0 Å². The van der Waals surface area contributed by atoms with Crippen molar-refractivity contribution in [1.82, 2.24) is 19.6 Å². The monoisotopic (exact) mass is 338 g/mol. The molecule has 0 amide bonds. The van der Waals surface area contributed by atoms with Crippen molar-refractivity contribution in [1.29, 1.82) is 0 Å². The number of hydrogen-bond acceptors (Lipinski definition) is 5. The maximum absolute atomic E-state index is 12.0. The molecule has 2 rings (SSSR count). The van der Waals surface area contributed by atoms with E-state index < -0.39 is 10.0 Å². The lowest BCUT2D eigenvalue weighted by molar-refractivity contribution is 0.270. The fourth-order valence-electron chi connectivity index (χ4n) is 2.33. The summed E-state index contributed by atoms with van der Waals surface area (Å²) in [7, 11) is -3.15. The number of H-pyrrole nitrogens is 1. The Hall–Kier alpha value is -1.77. The molecule has 0 fully saturated rings. The van der Waals surface area contributed by atoms with Crippen LogP contribution in [0, 0.1) is 0 Å². The van der Waals surface area contributed by atoms with Crippen LogP contribution >= 0.6 is 0 Å². The summed E-state index contributed by atoms with van der Waals surface area (Å²) < 4.78 is 24.5. The van der Waals surface area contributed by atoms with Crippen molar-refractivity contribution in [2.24, 2.45) is 0 Å². The summed E-state index contributed by atoms with van der Waals surface area (Å²) in [5, 5.41) is 0.580. The number of nitrogens with one attached hydrogen (secondary N) is 2. The summed E-state index contributed by atoms with van der Waals surface area (Å²) in [5.74, 6) is 0.617. The molecule has 0 atom stereocenters. The zero-order chi connectivity index (χ0) is 16.9. The maximum atomic E-state index is 12.0. The van der Waals surface area contributed by atoms with Crippen molar-refractivity contribution in [2.45, 2.75) is 19.9 Å². The molecule has 1 aromatic heterocycles. The predicted octanol–water partition coefficient (Wildman–Crippen LogP) is 0.684. The van der Waals surface area contributed by atoms with Gasteiger partial charge in [0.15, 0.2) is 0 Å². The molecule has 8 heteroatoms. The molecule has 7 nitrogen and oxygen atoms in total. The average Bonchev–Trinajstić information content (AvgIpc) is 2.49. The highest BCUT2D eigenvalue weighted by atomic mass is 32.2. The van der Waals surface area contributed by atoms with Crippen LogP contribution in [0.15, 0.2) is 29.1 Å². The van der Waals surface area contributed by atoms with Gasteiger partial charge in [-0.1, -0.05) is 19.1 Å². The predicted molar refractivity (Wildman–Crippen MR) is 90.8 cm³/mol. The third kappa shape index (κ3) is 5.42. The number of para-hydroxylation sites is 1. The van der Waals surface area contributed by atoms with E-state index in [0.29, 0.717) is 36.2 Å². The molecule has 126 valence electrons. The van der Waals surface area contributed by atoms with Gasteiger partial charge in [0.05, 0.1) is 23.7 Å². The van der Waals surface area contributed by atoms with Crippen LogP contribution < -0.4 is 10.3 Å². The first-order valence-electron chi connectivity index (χ1n) is 7.54. The number of aromatic amines is 1. The third-order valence-corrected chi connectivity index (χ3v) is 4.23. The lowest BCUT2D eigenvalue weighted by Gasteiger charge is -2.19. The van der Waals surface area contributed by atoms with Crippen molar-refractivity contribution in [2.75, 3.05) is 25.9 Å². The van der Waals surface area contributed by atoms with Gasteiger partial charge >= 0.3 is 0 Å². The molecule has 0 unspecified atom stereocenters. The van der Waals surface area contributed by atoms with Gasteiger partial charge in [-0.2, -0.15) is 0 Å². The van der Waals surface area contributed by atoms with E-state index in [1.807, 2.05) is 25.1 Å². The van der Waals surface area contributed by atoms with Crippen LogP contribution in [-0.2, 0) is 16.6 Å². The maximum Gasteiger partial charge on any atom is 0.258 e. The second-order valence-electron chi connectivity index (χ2n) is 5.42. The van der Waals surface area contributed by atoms with Gasteiger partial charge in [0, 0.05) is 6.54 Å². The van der Waals surface area contributed by atoms with Crippen LogP contribution in [-0.4, -0.2) is 49.2 Å². The topological polar surface area (TPSA) is 95.2 Å². The Labute approximate surface area is 135 Å². The molecule has 23 heavy (non-hydrogen) atoms. The fraction of sp³-hybridized carbons (Fsp3) is 0.467. The van der Waals surface area contributed by atoms with Gasteiger partial charge in [-0.05, 0) is 31.6 Å². The average molecular weight is 338 g/mol. The van der Waals surface area contributed by atoms with Crippen LogP contribution in [0.25, 0.3) is 10.9 Å². The Balaban J connectivity index is 2.00. The van der Waals surface area contributed by atoms with Crippen molar-refractivity contribution < 1.29 is 8.42 Å². The normalized spacial score (nSPS) is 12.1. The van der Waals surface area contributed by atoms with Crippen LogP contribution in [0.1, 0.15) is 19.2 Å². The SMILES string of the molecule is CCN(CCCNS(C)(=O)=O)Cc1nc2ccccc2c(=O)[nH]1. The molecule has 0 spiro atoms. The van der Waals surface area contributed by atoms with Crippen molar-refractivity contribution >= 4 is 20.9 Å². The summed E-state index contributed by atoms with van der Waals surface area (Å²) in [6.45, 7) is 4.45. The lowest BCUT2D eigenvalue weighted by atomic mass is 10.2. The highest BCUT2D eigenvalue weighted by Crippen LogP contribution is 2.07. The van der Waals surface area contributed by atoms with Gasteiger partial charge in [0.25, 0.3) is 5.56 Å². The smallest absolute Gasteiger partial charge is 0.258 e. The number of benzene rings is 1. The molecule has 0 aliphatic heterocycles. The number of fused-ring (bicyclic) bond motifs is 1. The molecule has 2 aromatic rings. The molecule has 1 heterocycles. The minimum Gasteiger partial charge on any atom is -0.309 e. The first-order valence-corrected chi connectivity index (χ1v) is 9.43. The zero-order valence-corrected chi connectivity index (χ0v) is 14.2. The molecule has 0 aliphatic rings. The number of hydrogen-bond donors (Lipinski definition) is 2. The van der Waals surface area contributed by atoms with Gasteiger partial charge in [0.1, 0.15) is 5.82 Å². The van der Waals surface area contributed by atoms with E-state index in [-0.39, 0.29) is 5.56 Å². The van der Waals surface area contributed by atoms with Gasteiger partial charge in [0.2, 0.25) is 10.0 Å². The Kier molecular flexibility index (Phi) is 5.86. The molecule has 0 saturated carbocycles. The van der Waals surface area contributed by atoms with Gasteiger partial charge in [-0.25, -0.2) is 18.1 Å². The third-order valence-electron chi connectivity index (χ3n) is 3.50. The summed E-state index contributed by atoms with van der Waals surface area (Å²) in [5.41, 5.74) is 0.543. The van der Waals surface area contributed by atoms with Crippen LogP contribution in [0.5, 0.6) is 0 Å². The molecule has 0 saturated heterocycles. The summed E-state index contributed by atoms with van der Waals surface area (Å²) in [6.07, 6.45) is 1.84. The van der Waals surface area contributed by atoms with E-state index in [1.54, 1.807) is 6.07 Å². The van der Waals surface area contributed by atoms with Gasteiger partial charge in [-0.3, -0.25) is 9.69 Å². The van der Waals surface area contributed by atoms with Crippen LogP contribution in [0.3, 0.4) is 0 Å². The van der Waals surface area contributed by atoms with E-state index in [4.69, 9.17) is 0 Å². The van der Waals surface area contributed by atoms with E-state index in [0.717, 1.165) is 19.3 Å². The minimum absolute atomic E-state index is 0.139. The number of sulfonamides is 1. The Morgan fingerprint density at radius 1 is 1.30 bits per heavy atom. The number of nitrogens with zero attached hydrogens (tertiary/aromatic N) is 2. The standard InChI is InChI=1S/C15H22N4O3S/c1-3-19(10-6-9-16-23(2,21)22)11-14-17-13-8-5-4-7-12(13)15(20)18-14/h4-5,7-8,16H,3,6,9-11H2,1-2H3,(H,17,18,20). The fourth-order valence-corrected chi connectivity index (χ4v) is 2.85. The summed E-state index contributed by atoms with van der Waals surface area (Å²) in [6, 6.07) is 7.23. The molecule has 2 N–H and O–H groups in total. The second kappa shape index (κ2) is 7.67. The summed E-state index contributed by atoms with van der Waals surface area (Å²) >= 11 is 0. The molecule has 0 radical (unpaired) electrons. The first-order chi connectivity index (χ1) is 10.9. The van der Waals surface area contributed by atoms with Crippen molar-refractivity contribution in [3.63, 3.8) is 0 Å². The number of aromatic nitrogens is 2. The molecule has 0 bridgehead atoms. The van der Waals surface area contributed by atoms with Crippen molar-refractivity contribution in [3.05, 3.63) is 40.4 Å². The van der Waals surface area contributed by atoms with Crippen LogP contribution in [0.4, 0.5) is 0 Å². The Morgan fingerprint density at radius 3 is 2.74 bits per heavy atom. The molecular formula is C15H22N4O3S. The highest BCUT2D eigenvalue weighted by molar-refractivity contribution is 7.88. The van der Waals surface area contributed by atoms with Gasteiger partial charge in [-0.15, -0.1) is 0 Å². The van der Waals surface area contributed by atoms with E-state index >= 15 is 0 Å². The molecule has 0 aliphatic carbocycles. The van der Waals surface area contributed by atoms with Gasteiger partial charge < -0.3 is 4.98 Å². The Morgan fingerprint density at radius 2 is 2.04 bits per heavy atom. The molecule has 1 aromatic carbocycles. The largest absolute Gasteiger partial charge is 0.309 e. The van der Waals surface area contributed by atoms with E-state index in [2.05, 4.69) is 19.6 Å². The van der Waals surface area contributed by atoms with E-state index in [1.165, 1.54) is 0 Å². The van der Waals surface area contributed by atoms with Crippen LogP contribution in [0.2, 0.25) is 0 Å². The minimum atomic E-state index is -3.15. The summed E-state index contributed by atoms with van der Waals surface area (Å²) in [4.78, 5) is 21.4. The first kappa shape index (κ1) is 17.6. The Bertz CT molecular complexity index is 817. The lowest BCUT2D eigenvalue weighted by Crippen LogP contribution is -2.30. The second-order valence-corrected chi connectivity index (χ2v) is 7.25. The number of rotatable bonds is 8. The zero-order valence-electron chi connectivity index (χ0n) is 13.4. The van der Waals surface area contributed by atoms with E-state index in [9.17, 15) is 13.2 Å². The highest BCUT2D eigenvalue weighted by Gasteiger charge is 2.08.